The molecule has 0 fully saturated rings. The molecule has 7 heteroatoms. The number of rotatable bonds is 5. The minimum absolute atomic E-state index is 0.168. The maximum absolute atomic E-state index is 11.7. The lowest BCUT2D eigenvalue weighted by Crippen LogP contribution is -2.23. The largest absolute Gasteiger partial charge is 0.465 e. The highest BCUT2D eigenvalue weighted by Gasteiger charge is 2.22. The summed E-state index contributed by atoms with van der Waals surface area (Å²) in [5.74, 6) is -0.168. The van der Waals surface area contributed by atoms with E-state index in [0.717, 1.165) is 33.8 Å². The lowest BCUT2D eigenvalue weighted by atomic mass is 9.97. The van der Waals surface area contributed by atoms with E-state index in [1.165, 1.54) is 0 Å². The van der Waals surface area contributed by atoms with Gasteiger partial charge in [-0.2, -0.15) is 0 Å². The molecule has 0 aliphatic rings. The SMILES string of the molecule is CSc1nc(CCCOC(=O)C(C)(C)C)cn2c(Br)cnc12. The number of aromatic nitrogens is 3. The topological polar surface area (TPSA) is 56.5 Å². The summed E-state index contributed by atoms with van der Waals surface area (Å²) >= 11 is 5.05. The quantitative estimate of drug-likeness (QED) is 0.445. The van der Waals surface area contributed by atoms with Gasteiger partial charge in [0, 0.05) is 6.20 Å². The zero-order valence-corrected chi connectivity index (χ0v) is 15.6. The first-order valence-electron chi connectivity index (χ1n) is 7.06. The Morgan fingerprint density at radius 1 is 1.45 bits per heavy atom. The van der Waals surface area contributed by atoms with Gasteiger partial charge in [0.25, 0.3) is 0 Å². The van der Waals surface area contributed by atoms with Crippen LogP contribution in [-0.4, -0.2) is 33.2 Å². The number of halogens is 1. The van der Waals surface area contributed by atoms with Crippen LogP contribution in [0.4, 0.5) is 0 Å². The van der Waals surface area contributed by atoms with E-state index in [0.29, 0.717) is 6.61 Å². The molecule has 0 bridgehead atoms. The molecule has 0 unspecified atom stereocenters. The Labute approximate surface area is 143 Å². The lowest BCUT2D eigenvalue weighted by molar-refractivity contribution is -0.153. The van der Waals surface area contributed by atoms with E-state index in [1.54, 1.807) is 18.0 Å². The van der Waals surface area contributed by atoms with Crippen molar-refractivity contribution < 1.29 is 9.53 Å². The molecule has 0 spiro atoms. The van der Waals surface area contributed by atoms with Gasteiger partial charge in [0.1, 0.15) is 9.63 Å². The second-order valence-electron chi connectivity index (χ2n) is 6.01. The first-order valence-corrected chi connectivity index (χ1v) is 9.08. The highest BCUT2D eigenvalue weighted by molar-refractivity contribution is 9.10. The summed E-state index contributed by atoms with van der Waals surface area (Å²) in [5, 5.41) is 0.898. The molecule has 0 atom stereocenters. The number of hydrogen-bond acceptors (Lipinski definition) is 5. The molecule has 0 N–H and O–H groups in total. The fourth-order valence-corrected chi connectivity index (χ4v) is 2.79. The van der Waals surface area contributed by atoms with Gasteiger partial charge in [0.05, 0.1) is 23.9 Å². The van der Waals surface area contributed by atoms with Crippen LogP contribution in [0.15, 0.2) is 22.0 Å². The number of nitrogens with zero attached hydrogens (tertiary/aromatic N) is 3. The number of hydrogen-bond donors (Lipinski definition) is 0. The monoisotopic (exact) mass is 385 g/mol. The van der Waals surface area contributed by atoms with Crippen LogP contribution in [0.25, 0.3) is 5.65 Å². The molecule has 0 amide bonds. The Bertz CT molecular complexity index is 679. The second-order valence-corrected chi connectivity index (χ2v) is 7.61. The molecule has 2 heterocycles. The number of carbonyl (C=O) groups excluding carboxylic acids is 1. The van der Waals surface area contributed by atoms with Crippen LogP contribution in [0.3, 0.4) is 0 Å². The maximum atomic E-state index is 11.7. The van der Waals surface area contributed by atoms with E-state index in [4.69, 9.17) is 4.74 Å². The predicted octanol–water partition coefficient (Wildman–Crippen LogP) is 3.74. The third kappa shape index (κ3) is 4.01. The van der Waals surface area contributed by atoms with Crippen molar-refractivity contribution in [3.63, 3.8) is 0 Å². The molecule has 2 aromatic heterocycles. The Morgan fingerprint density at radius 3 is 2.82 bits per heavy atom. The van der Waals surface area contributed by atoms with Crippen molar-refractivity contribution in [2.24, 2.45) is 5.41 Å². The van der Waals surface area contributed by atoms with Crippen molar-refractivity contribution >= 4 is 39.3 Å². The smallest absolute Gasteiger partial charge is 0.311 e. The summed E-state index contributed by atoms with van der Waals surface area (Å²) in [6, 6.07) is 0. The van der Waals surface area contributed by atoms with Crippen molar-refractivity contribution in [2.75, 3.05) is 12.9 Å². The van der Waals surface area contributed by atoms with Gasteiger partial charge in [-0.25, -0.2) is 9.97 Å². The summed E-state index contributed by atoms with van der Waals surface area (Å²) in [6.07, 6.45) is 7.23. The van der Waals surface area contributed by atoms with Gasteiger partial charge in [-0.05, 0) is 55.8 Å². The third-order valence-electron chi connectivity index (χ3n) is 3.08. The van der Waals surface area contributed by atoms with E-state index in [1.807, 2.05) is 37.6 Å². The summed E-state index contributed by atoms with van der Waals surface area (Å²) in [6.45, 7) is 5.97. The Hall–Kier alpha value is -1.08. The molecule has 0 aliphatic carbocycles. The fraction of sp³-hybridized carbons (Fsp3) is 0.533. The van der Waals surface area contributed by atoms with Crippen LogP contribution < -0.4 is 0 Å². The number of esters is 1. The van der Waals surface area contributed by atoms with Crippen molar-refractivity contribution in [3.8, 4) is 0 Å². The molecule has 2 aromatic rings. The third-order valence-corrected chi connectivity index (χ3v) is 4.33. The van der Waals surface area contributed by atoms with Crippen molar-refractivity contribution in [2.45, 2.75) is 38.6 Å². The van der Waals surface area contributed by atoms with E-state index < -0.39 is 5.41 Å². The first kappa shape index (κ1) is 17.3. The van der Waals surface area contributed by atoms with Crippen LogP contribution in [0, 0.1) is 5.41 Å². The molecule has 0 radical (unpaired) electrons. The lowest BCUT2D eigenvalue weighted by Gasteiger charge is -2.16. The number of thioether (sulfide) groups is 1. The molecule has 0 aromatic carbocycles. The second kappa shape index (κ2) is 7.00. The van der Waals surface area contributed by atoms with E-state index >= 15 is 0 Å². The fourth-order valence-electron chi connectivity index (χ4n) is 1.87. The molecular weight excluding hydrogens is 366 g/mol. The van der Waals surface area contributed by atoms with Crippen LogP contribution in [0.5, 0.6) is 0 Å². The molecule has 0 saturated heterocycles. The minimum atomic E-state index is -0.454. The Morgan fingerprint density at radius 2 is 2.18 bits per heavy atom. The summed E-state index contributed by atoms with van der Waals surface area (Å²) < 4.78 is 8.17. The van der Waals surface area contributed by atoms with Crippen LogP contribution in [0.2, 0.25) is 0 Å². The van der Waals surface area contributed by atoms with Crippen LogP contribution in [0.1, 0.15) is 32.9 Å². The van der Waals surface area contributed by atoms with Gasteiger partial charge in [-0.15, -0.1) is 11.8 Å². The molecule has 2 rings (SSSR count). The standard InChI is InChI=1S/C15H20BrN3O2S/c1-15(2,3)14(20)21-7-5-6-10-9-19-11(16)8-17-12(19)13(18-10)22-4/h8-9H,5-7H2,1-4H3. The molecule has 22 heavy (non-hydrogen) atoms. The number of fused-ring (bicyclic) bond motifs is 1. The molecule has 120 valence electrons. The van der Waals surface area contributed by atoms with Crippen LogP contribution in [-0.2, 0) is 16.0 Å². The number of ether oxygens (including phenoxy) is 1. The normalized spacial score (nSPS) is 11.9. The van der Waals surface area contributed by atoms with Crippen molar-refractivity contribution in [3.05, 3.63) is 22.7 Å². The predicted molar refractivity (Wildman–Crippen MR) is 91.2 cm³/mol. The first-order chi connectivity index (χ1) is 10.3. The highest BCUT2D eigenvalue weighted by atomic mass is 79.9. The zero-order valence-electron chi connectivity index (χ0n) is 13.2. The van der Waals surface area contributed by atoms with Gasteiger partial charge >= 0.3 is 5.97 Å². The Balaban J connectivity index is 2.00. The summed E-state index contributed by atoms with van der Waals surface area (Å²) in [4.78, 5) is 20.7. The van der Waals surface area contributed by atoms with Crippen molar-refractivity contribution in [1.82, 2.24) is 14.4 Å². The van der Waals surface area contributed by atoms with E-state index in [-0.39, 0.29) is 5.97 Å². The van der Waals surface area contributed by atoms with Crippen LogP contribution >= 0.6 is 27.7 Å². The van der Waals surface area contributed by atoms with Gasteiger partial charge in [-0.3, -0.25) is 9.20 Å². The van der Waals surface area contributed by atoms with Gasteiger partial charge < -0.3 is 4.74 Å². The Kier molecular flexibility index (Phi) is 5.50. The van der Waals surface area contributed by atoms with Gasteiger partial charge in [-0.1, -0.05) is 0 Å². The molecular formula is C15H20BrN3O2S. The van der Waals surface area contributed by atoms with E-state index in [9.17, 15) is 4.79 Å². The van der Waals surface area contributed by atoms with E-state index in [2.05, 4.69) is 25.9 Å². The zero-order chi connectivity index (χ0) is 16.3. The summed E-state index contributed by atoms with van der Waals surface area (Å²) in [5.41, 5.74) is 1.36. The van der Waals surface area contributed by atoms with Gasteiger partial charge in [0.15, 0.2) is 5.65 Å². The van der Waals surface area contributed by atoms with Gasteiger partial charge in [0.2, 0.25) is 0 Å². The number of carbonyl (C=O) groups is 1. The number of aryl methyl sites for hydroxylation is 1. The average molecular weight is 386 g/mol. The van der Waals surface area contributed by atoms with Crippen molar-refractivity contribution in [1.29, 1.82) is 0 Å². The number of imidazole rings is 1. The summed E-state index contributed by atoms with van der Waals surface area (Å²) in [7, 11) is 0. The highest BCUT2D eigenvalue weighted by Crippen LogP contribution is 2.23. The average Bonchev–Trinajstić information content (AvgIpc) is 2.83. The molecule has 5 nitrogen and oxygen atoms in total. The maximum Gasteiger partial charge on any atom is 0.311 e. The minimum Gasteiger partial charge on any atom is -0.465 e. The molecule has 0 saturated carbocycles. The molecule has 0 aliphatic heterocycles.